The molecule has 0 N–H and O–H groups in total. The lowest BCUT2D eigenvalue weighted by Gasteiger charge is -2.46. The van der Waals surface area contributed by atoms with Crippen LogP contribution in [0.15, 0.2) is 42.5 Å². The first-order valence-corrected chi connectivity index (χ1v) is 10.1. The monoisotopic (exact) mass is 400 g/mol. The Labute approximate surface area is 169 Å². The molecule has 3 unspecified atom stereocenters. The van der Waals surface area contributed by atoms with E-state index in [9.17, 15) is 9.59 Å². The molecular weight excluding hydrogens is 379 g/mol. The number of carbonyl (C=O) groups is 2. The van der Waals surface area contributed by atoms with E-state index in [-0.39, 0.29) is 22.9 Å². The first-order valence-electron chi connectivity index (χ1n) is 9.30. The van der Waals surface area contributed by atoms with Gasteiger partial charge in [-0.1, -0.05) is 62.2 Å². The maximum absolute atomic E-state index is 13.5. The third-order valence-corrected chi connectivity index (χ3v) is 7.74. The number of hydrogen-bond acceptors (Lipinski definition) is 2. The number of halogens is 2. The zero-order chi connectivity index (χ0) is 19.6. The van der Waals surface area contributed by atoms with Crippen molar-refractivity contribution in [2.75, 3.05) is 0 Å². The standard InChI is InChI=1S/C23H22Cl2O2/c1-22(2)17-10-11-23(22,3)21(27)19(20(17)26)16-12-14(6-9-18(16)25)13-4-7-15(24)8-5-13/h4-9,12,17,19H,10-11H2,1-3H3. The van der Waals surface area contributed by atoms with Crippen LogP contribution in [0, 0.1) is 16.7 Å². The van der Waals surface area contributed by atoms with Gasteiger partial charge in [0, 0.05) is 21.4 Å². The molecule has 0 aliphatic heterocycles. The molecule has 2 aliphatic rings. The van der Waals surface area contributed by atoms with Crippen molar-refractivity contribution in [2.45, 2.75) is 39.5 Å². The van der Waals surface area contributed by atoms with Crippen molar-refractivity contribution < 1.29 is 9.59 Å². The molecular formula is C23H22Cl2O2. The van der Waals surface area contributed by atoms with Crippen molar-refractivity contribution in [1.29, 1.82) is 0 Å². The van der Waals surface area contributed by atoms with E-state index >= 15 is 0 Å². The van der Waals surface area contributed by atoms with Gasteiger partial charge in [-0.2, -0.15) is 0 Å². The molecule has 0 radical (unpaired) electrons. The van der Waals surface area contributed by atoms with Gasteiger partial charge in [0.05, 0.1) is 0 Å². The molecule has 0 heterocycles. The predicted octanol–water partition coefficient (Wildman–Crippen LogP) is 6.34. The molecule has 3 atom stereocenters. The lowest BCUT2D eigenvalue weighted by molar-refractivity contribution is -0.149. The molecule has 0 amide bonds. The van der Waals surface area contributed by atoms with Crippen LogP contribution in [-0.2, 0) is 9.59 Å². The van der Waals surface area contributed by atoms with E-state index in [4.69, 9.17) is 23.2 Å². The second kappa shape index (κ2) is 6.18. The molecule has 2 aliphatic carbocycles. The Morgan fingerprint density at radius 1 is 0.926 bits per heavy atom. The highest BCUT2D eigenvalue weighted by atomic mass is 35.5. The second-order valence-corrected chi connectivity index (χ2v) is 9.43. The summed E-state index contributed by atoms with van der Waals surface area (Å²) in [4.78, 5) is 26.8. The molecule has 2 fully saturated rings. The molecule has 2 saturated carbocycles. The average molecular weight is 401 g/mol. The molecule has 2 aromatic carbocycles. The molecule has 4 rings (SSSR count). The van der Waals surface area contributed by atoms with Gasteiger partial charge in [0.2, 0.25) is 0 Å². The van der Waals surface area contributed by atoms with Gasteiger partial charge >= 0.3 is 0 Å². The Kier molecular flexibility index (Phi) is 4.29. The third kappa shape index (κ3) is 2.61. The molecule has 2 nitrogen and oxygen atoms in total. The van der Waals surface area contributed by atoms with Gasteiger partial charge in [0.25, 0.3) is 0 Å². The molecule has 27 heavy (non-hydrogen) atoms. The molecule has 0 spiro atoms. The lowest BCUT2D eigenvalue weighted by atomic mass is 9.54. The largest absolute Gasteiger partial charge is 0.298 e. The highest BCUT2D eigenvalue weighted by molar-refractivity contribution is 6.32. The van der Waals surface area contributed by atoms with Gasteiger partial charge in [-0.15, -0.1) is 0 Å². The van der Waals surface area contributed by atoms with Gasteiger partial charge in [0.1, 0.15) is 5.92 Å². The van der Waals surface area contributed by atoms with Gasteiger partial charge in [-0.25, -0.2) is 0 Å². The number of rotatable bonds is 2. The number of hydrogen-bond donors (Lipinski definition) is 0. The number of fused-ring (bicyclic) bond motifs is 2. The summed E-state index contributed by atoms with van der Waals surface area (Å²) in [7, 11) is 0. The SMILES string of the molecule is CC12CCC(C(=O)C(c3cc(-c4ccc(Cl)cc4)ccc3Cl)C1=O)C2(C)C. The summed E-state index contributed by atoms with van der Waals surface area (Å²) >= 11 is 12.5. The summed E-state index contributed by atoms with van der Waals surface area (Å²) in [6, 6.07) is 13.1. The highest BCUT2D eigenvalue weighted by Gasteiger charge is 2.64. The predicted molar refractivity (Wildman–Crippen MR) is 109 cm³/mol. The Morgan fingerprint density at radius 3 is 2.22 bits per heavy atom. The zero-order valence-corrected chi connectivity index (χ0v) is 17.2. The summed E-state index contributed by atoms with van der Waals surface area (Å²) in [6.45, 7) is 6.14. The van der Waals surface area contributed by atoms with Gasteiger partial charge in [-0.05, 0) is 59.2 Å². The van der Waals surface area contributed by atoms with Crippen molar-refractivity contribution >= 4 is 34.8 Å². The topological polar surface area (TPSA) is 34.1 Å². The normalized spacial score (nSPS) is 29.2. The number of ketones is 2. The first kappa shape index (κ1) is 18.7. The Morgan fingerprint density at radius 2 is 1.56 bits per heavy atom. The van der Waals surface area contributed by atoms with Crippen LogP contribution in [0.25, 0.3) is 11.1 Å². The van der Waals surface area contributed by atoms with Crippen LogP contribution in [0.4, 0.5) is 0 Å². The van der Waals surface area contributed by atoms with Crippen LogP contribution in [0.2, 0.25) is 10.0 Å². The van der Waals surface area contributed by atoms with E-state index in [1.165, 1.54) is 0 Å². The minimum Gasteiger partial charge on any atom is -0.298 e. The van der Waals surface area contributed by atoms with E-state index in [0.29, 0.717) is 15.6 Å². The number of Topliss-reactive ketones (excluding diaryl/α,β-unsaturated/α-hetero) is 2. The van der Waals surface area contributed by atoms with Crippen LogP contribution in [0.1, 0.15) is 45.1 Å². The molecule has 2 bridgehead atoms. The number of benzene rings is 2. The van der Waals surface area contributed by atoms with Crippen LogP contribution >= 0.6 is 23.2 Å². The van der Waals surface area contributed by atoms with Crippen molar-refractivity contribution in [3.63, 3.8) is 0 Å². The summed E-state index contributed by atoms with van der Waals surface area (Å²) in [5, 5.41) is 1.14. The Bertz CT molecular complexity index is 945. The van der Waals surface area contributed by atoms with Crippen molar-refractivity contribution in [1.82, 2.24) is 0 Å². The minimum absolute atomic E-state index is 0.0152. The van der Waals surface area contributed by atoms with Crippen molar-refractivity contribution in [2.24, 2.45) is 16.7 Å². The fourth-order valence-corrected chi connectivity index (χ4v) is 5.32. The van der Waals surface area contributed by atoms with Crippen LogP contribution < -0.4 is 0 Å². The van der Waals surface area contributed by atoms with Gasteiger partial charge in [-0.3, -0.25) is 9.59 Å². The molecule has 4 heteroatoms. The molecule has 0 saturated heterocycles. The summed E-state index contributed by atoms with van der Waals surface area (Å²) in [5.74, 6) is -0.827. The average Bonchev–Trinajstić information content (AvgIpc) is 2.81. The van der Waals surface area contributed by atoms with E-state index in [1.54, 1.807) is 6.07 Å². The third-order valence-electron chi connectivity index (χ3n) is 7.14. The van der Waals surface area contributed by atoms with Crippen molar-refractivity contribution in [3.8, 4) is 11.1 Å². The smallest absolute Gasteiger partial charge is 0.154 e. The van der Waals surface area contributed by atoms with E-state index < -0.39 is 11.3 Å². The lowest BCUT2D eigenvalue weighted by Crippen LogP contribution is -2.52. The zero-order valence-electron chi connectivity index (χ0n) is 15.7. The fraction of sp³-hybridized carbons (Fsp3) is 0.391. The summed E-state index contributed by atoms with van der Waals surface area (Å²) < 4.78 is 0. The van der Waals surface area contributed by atoms with Crippen LogP contribution in [0.5, 0.6) is 0 Å². The summed E-state index contributed by atoms with van der Waals surface area (Å²) in [6.07, 6.45) is 1.54. The second-order valence-electron chi connectivity index (χ2n) is 8.59. The summed E-state index contributed by atoms with van der Waals surface area (Å²) in [5.41, 5.74) is 1.73. The Hall–Kier alpha value is -1.64. The minimum atomic E-state index is -0.768. The van der Waals surface area contributed by atoms with E-state index in [2.05, 4.69) is 13.8 Å². The van der Waals surface area contributed by atoms with E-state index in [1.807, 2.05) is 43.3 Å². The molecule has 0 aromatic heterocycles. The van der Waals surface area contributed by atoms with Crippen molar-refractivity contribution in [3.05, 3.63) is 58.1 Å². The van der Waals surface area contributed by atoms with Crippen LogP contribution in [-0.4, -0.2) is 11.6 Å². The van der Waals surface area contributed by atoms with Gasteiger partial charge in [0.15, 0.2) is 11.6 Å². The molecule has 140 valence electrons. The van der Waals surface area contributed by atoms with E-state index in [0.717, 1.165) is 24.0 Å². The quantitative estimate of drug-likeness (QED) is 0.551. The Balaban J connectivity index is 1.82. The first-order chi connectivity index (χ1) is 12.7. The molecule has 2 aromatic rings. The van der Waals surface area contributed by atoms with Gasteiger partial charge < -0.3 is 0 Å². The van der Waals surface area contributed by atoms with Crippen LogP contribution in [0.3, 0.4) is 0 Å². The maximum atomic E-state index is 13.5. The highest BCUT2D eigenvalue weighted by Crippen LogP contribution is 2.63. The fourth-order valence-electron chi connectivity index (χ4n) is 4.97. The maximum Gasteiger partial charge on any atom is 0.154 e. The number of carbonyl (C=O) groups excluding carboxylic acids is 2.